The fraction of sp³-hybridized carbons (Fsp3) is 0.458. The number of aliphatic hydroxyl groups is 2. The zero-order valence-corrected chi connectivity index (χ0v) is 19.0. The van der Waals surface area contributed by atoms with Gasteiger partial charge in [0, 0.05) is 35.5 Å². The number of amides is 1. The van der Waals surface area contributed by atoms with Crippen LogP contribution in [0.4, 0.5) is 14.5 Å². The number of fused-ring (bicyclic) bond motifs is 1. The topological polar surface area (TPSA) is 110 Å². The molecular weight excluding hydrogens is 446 g/mol. The zero-order chi connectivity index (χ0) is 24.5. The third-order valence-corrected chi connectivity index (χ3v) is 6.18. The molecule has 0 saturated heterocycles. The smallest absolute Gasteiger partial charge is 0.388 e. The molecule has 2 heterocycles. The maximum absolute atomic E-state index is 12.8. The highest BCUT2D eigenvalue weighted by Gasteiger charge is 2.26. The summed E-state index contributed by atoms with van der Waals surface area (Å²) in [4.78, 5) is 16.7. The fourth-order valence-electron chi connectivity index (χ4n) is 4.36. The van der Waals surface area contributed by atoms with Crippen LogP contribution < -0.4 is 10.1 Å². The van der Waals surface area contributed by atoms with Crippen LogP contribution in [0.15, 0.2) is 36.5 Å². The van der Waals surface area contributed by atoms with Crippen molar-refractivity contribution in [2.24, 2.45) is 5.92 Å². The van der Waals surface area contributed by atoms with E-state index in [1.165, 1.54) is 18.2 Å². The van der Waals surface area contributed by atoms with Crippen LogP contribution in [0.25, 0.3) is 10.9 Å². The SMILES string of the molecule is CC(C)(O)c1cc2nn(C3CCC(CO)CC3)cc2cc1NC(=O)c1cccc(OC(F)F)n1. The van der Waals surface area contributed by atoms with E-state index >= 15 is 0 Å². The normalized spacial score (nSPS) is 18.9. The van der Waals surface area contributed by atoms with Crippen LogP contribution >= 0.6 is 0 Å². The highest BCUT2D eigenvalue weighted by atomic mass is 19.3. The first kappa shape index (κ1) is 24.0. The van der Waals surface area contributed by atoms with Gasteiger partial charge in [0.25, 0.3) is 5.91 Å². The molecule has 0 bridgehead atoms. The van der Waals surface area contributed by atoms with Crippen LogP contribution in [0.5, 0.6) is 5.88 Å². The minimum absolute atomic E-state index is 0.101. The van der Waals surface area contributed by atoms with Gasteiger partial charge in [-0.3, -0.25) is 9.48 Å². The number of nitrogens with zero attached hydrogens (tertiary/aromatic N) is 3. The number of anilines is 1. The Kier molecular flexibility index (Phi) is 6.81. The van der Waals surface area contributed by atoms with Crippen molar-refractivity contribution >= 4 is 22.5 Å². The van der Waals surface area contributed by atoms with E-state index in [1.54, 1.807) is 26.0 Å². The number of benzene rings is 1. The number of nitrogens with one attached hydrogen (secondary N) is 1. The molecule has 1 amide bonds. The third-order valence-electron chi connectivity index (χ3n) is 6.18. The van der Waals surface area contributed by atoms with Gasteiger partial charge >= 0.3 is 6.61 Å². The number of hydrogen-bond donors (Lipinski definition) is 3. The molecule has 0 spiro atoms. The number of hydrogen-bond acceptors (Lipinski definition) is 6. The molecule has 3 N–H and O–H groups in total. The van der Waals surface area contributed by atoms with Crippen molar-refractivity contribution in [3.63, 3.8) is 0 Å². The molecule has 1 fully saturated rings. The van der Waals surface area contributed by atoms with Gasteiger partial charge in [-0.15, -0.1) is 0 Å². The lowest BCUT2D eigenvalue weighted by Gasteiger charge is -2.27. The zero-order valence-electron chi connectivity index (χ0n) is 19.0. The van der Waals surface area contributed by atoms with Crippen LogP contribution in [0, 0.1) is 5.92 Å². The Labute approximate surface area is 195 Å². The Morgan fingerprint density at radius 3 is 2.65 bits per heavy atom. The molecule has 8 nitrogen and oxygen atoms in total. The third kappa shape index (κ3) is 5.34. The van der Waals surface area contributed by atoms with E-state index in [9.17, 15) is 23.8 Å². The molecule has 1 aromatic carbocycles. The molecule has 1 saturated carbocycles. The predicted octanol–water partition coefficient (Wildman–Crippen LogP) is 4.24. The summed E-state index contributed by atoms with van der Waals surface area (Å²) >= 11 is 0. The quantitative estimate of drug-likeness (QED) is 0.473. The lowest BCUT2D eigenvalue weighted by Crippen LogP contribution is -2.21. The van der Waals surface area contributed by atoms with E-state index < -0.39 is 18.1 Å². The summed E-state index contributed by atoms with van der Waals surface area (Å²) in [5.41, 5.74) is 0.132. The van der Waals surface area contributed by atoms with Gasteiger partial charge in [0.05, 0.1) is 17.2 Å². The Morgan fingerprint density at radius 2 is 2.00 bits per heavy atom. The Bertz CT molecular complexity index is 1170. The maximum Gasteiger partial charge on any atom is 0.388 e. The Balaban J connectivity index is 1.63. The molecule has 10 heteroatoms. The first-order chi connectivity index (χ1) is 16.1. The van der Waals surface area contributed by atoms with Gasteiger partial charge in [-0.2, -0.15) is 13.9 Å². The van der Waals surface area contributed by atoms with Crippen LogP contribution in [0.1, 0.15) is 61.6 Å². The molecule has 0 unspecified atom stereocenters. The summed E-state index contributed by atoms with van der Waals surface area (Å²) in [5.74, 6) is -0.652. The van der Waals surface area contributed by atoms with Gasteiger partial charge in [0.2, 0.25) is 5.88 Å². The molecule has 0 atom stereocenters. The highest BCUT2D eigenvalue weighted by molar-refractivity contribution is 6.04. The molecule has 0 aliphatic heterocycles. The van der Waals surface area contributed by atoms with Crippen molar-refractivity contribution in [1.82, 2.24) is 14.8 Å². The first-order valence-electron chi connectivity index (χ1n) is 11.2. The van der Waals surface area contributed by atoms with Crippen LogP contribution in [-0.4, -0.2) is 44.1 Å². The number of alkyl halides is 2. The van der Waals surface area contributed by atoms with E-state index in [0.29, 0.717) is 22.7 Å². The molecular formula is C24H28F2N4O4. The monoisotopic (exact) mass is 474 g/mol. The number of aliphatic hydroxyl groups excluding tert-OH is 1. The average Bonchev–Trinajstić information content (AvgIpc) is 3.21. The van der Waals surface area contributed by atoms with Gasteiger partial charge < -0.3 is 20.3 Å². The summed E-state index contributed by atoms with van der Waals surface area (Å²) in [6.45, 7) is 0.362. The number of carbonyl (C=O) groups excluding carboxylic acids is 1. The molecule has 0 radical (unpaired) electrons. The number of aromatic nitrogens is 3. The molecule has 1 aliphatic rings. The van der Waals surface area contributed by atoms with E-state index in [0.717, 1.165) is 31.1 Å². The second-order valence-corrected chi connectivity index (χ2v) is 9.18. The number of ether oxygens (including phenoxy) is 1. The van der Waals surface area contributed by atoms with Crippen molar-refractivity contribution in [1.29, 1.82) is 0 Å². The van der Waals surface area contributed by atoms with E-state index in [2.05, 4.69) is 15.0 Å². The van der Waals surface area contributed by atoms with Gasteiger partial charge in [0.1, 0.15) is 5.69 Å². The maximum atomic E-state index is 12.8. The number of pyridine rings is 1. The summed E-state index contributed by atoms with van der Waals surface area (Å²) in [6, 6.07) is 7.72. The molecule has 34 heavy (non-hydrogen) atoms. The van der Waals surface area contributed by atoms with Crippen molar-refractivity contribution in [3.8, 4) is 5.88 Å². The molecule has 182 valence electrons. The van der Waals surface area contributed by atoms with Crippen LogP contribution in [0.3, 0.4) is 0 Å². The van der Waals surface area contributed by atoms with Gasteiger partial charge in [-0.1, -0.05) is 6.07 Å². The van der Waals surface area contributed by atoms with Crippen molar-refractivity contribution in [2.45, 2.75) is 57.8 Å². The first-order valence-corrected chi connectivity index (χ1v) is 11.2. The standard InChI is InChI=1S/C24H28F2N4O4/c1-24(2,33)17-11-19-15(12-30(29-19)16-8-6-14(13-31)7-9-16)10-20(17)28-22(32)18-4-3-5-21(27-18)34-23(25)26/h3-5,10-12,14,16,23,31,33H,6-9,13H2,1-2H3,(H,28,32). The predicted molar refractivity (Wildman–Crippen MR) is 122 cm³/mol. The lowest BCUT2D eigenvalue weighted by atomic mass is 9.87. The molecule has 3 aromatic rings. The highest BCUT2D eigenvalue weighted by Crippen LogP contribution is 2.35. The molecule has 2 aromatic heterocycles. The Morgan fingerprint density at radius 1 is 1.26 bits per heavy atom. The average molecular weight is 475 g/mol. The summed E-state index contributed by atoms with van der Waals surface area (Å²) in [6.07, 6.45) is 5.63. The van der Waals surface area contributed by atoms with Crippen LogP contribution in [0.2, 0.25) is 0 Å². The summed E-state index contributed by atoms with van der Waals surface area (Å²) in [7, 11) is 0. The van der Waals surface area contributed by atoms with Crippen LogP contribution in [-0.2, 0) is 5.60 Å². The molecule has 4 rings (SSSR count). The number of rotatable bonds is 7. The van der Waals surface area contributed by atoms with E-state index in [-0.39, 0.29) is 24.2 Å². The van der Waals surface area contributed by atoms with Crippen molar-refractivity contribution < 1.29 is 28.5 Å². The second-order valence-electron chi connectivity index (χ2n) is 9.18. The molecule has 1 aliphatic carbocycles. The summed E-state index contributed by atoms with van der Waals surface area (Å²) in [5, 5.41) is 28.4. The van der Waals surface area contributed by atoms with Crippen molar-refractivity contribution in [2.75, 3.05) is 11.9 Å². The second kappa shape index (κ2) is 9.63. The largest absolute Gasteiger partial charge is 0.417 e. The van der Waals surface area contributed by atoms with Gasteiger partial charge in [0.15, 0.2) is 0 Å². The van der Waals surface area contributed by atoms with E-state index in [1.807, 2.05) is 10.9 Å². The van der Waals surface area contributed by atoms with Gasteiger partial charge in [-0.05, 0) is 63.6 Å². The lowest BCUT2D eigenvalue weighted by molar-refractivity contribution is -0.0529. The summed E-state index contributed by atoms with van der Waals surface area (Å²) < 4.78 is 31.2. The number of carbonyl (C=O) groups is 1. The minimum Gasteiger partial charge on any atom is -0.417 e. The minimum atomic E-state index is -3.05. The fourth-order valence-corrected chi connectivity index (χ4v) is 4.36. The Hall–Kier alpha value is -3.11. The number of halogens is 2. The van der Waals surface area contributed by atoms with Crippen molar-refractivity contribution in [3.05, 3.63) is 47.8 Å². The van der Waals surface area contributed by atoms with Gasteiger partial charge in [-0.25, -0.2) is 4.98 Å². The van der Waals surface area contributed by atoms with E-state index in [4.69, 9.17) is 5.10 Å².